The average Bonchev–Trinajstić information content (AvgIpc) is 2.49. The Morgan fingerprint density at radius 1 is 1.12 bits per heavy atom. The second-order valence-electron chi connectivity index (χ2n) is 5.26. The predicted molar refractivity (Wildman–Crippen MR) is 88.5 cm³/mol. The maximum Gasteiger partial charge on any atom is 0.261 e. The lowest BCUT2D eigenvalue weighted by molar-refractivity contribution is 0.102. The van der Waals surface area contributed by atoms with E-state index in [1.54, 1.807) is 23.7 Å². The number of carbonyl (C=O) groups excluding carboxylic acids is 1. The Morgan fingerprint density at radius 2 is 1.79 bits per heavy atom. The van der Waals surface area contributed by atoms with E-state index in [-0.39, 0.29) is 16.6 Å². The number of fused-ring (bicyclic) bond motifs is 1. The number of nitrogens with zero attached hydrogens (tertiary/aromatic N) is 1. The largest absolute Gasteiger partial charge is 0.350 e. The van der Waals surface area contributed by atoms with Gasteiger partial charge in [-0.3, -0.25) is 9.59 Å². The molecule has 24 heavy (non-hydrogen) atoms. The monoisotopic (exact) mass is 348 g/mol. The van der Waals surface area contributed by atoms with E-state index in [1.165, 1.54) is 12.3 Å². The molecule has 0 bridgehead atoms. The van der Waals surface area contributed by atoms with E-state index in [1.807, 2.05) is 0 Å². The van der Waals surface area contributed by atoms with Gasteiger partial charge in [-0.2, -0.15) is 0 Å². The van der Waals surface area contributed by atoms with Gasteiger partial charge in [0, 0.05) is 35.4 Å². The smallest absolute Gasteiger partial charge is 0.261 e. The standard InChI is InChI=1S/C17H11ClF2N2O2/c1-22-8-14(16(23)13-4-9(18)2-3-15(13)22)17(24)21-12-6-10(19)5-11(20)7-12/h2-8H,1H3,(H,21,24). The summed E-state index contributed by atoms with van der Waals surface area (Å²) in [5, 5.41) is 2.97. The van der Waals surface area contributed by atoms with Crippen LogP contribution in [0.25, 0.3) is 10.9 Å². The van der Waals surface area contributed by atoms with Gasteiger partial charge in [-0.15, -0.1) is 0 Å². The molecule has 7 heteroatoms. The van der Waals surface area contributed by atoms with Crippen LogP contribution in [0.5, 0.6) is 0 Å². The van der Waals surface area contributed by atoms with Gasteiger partial charge >= 0.3 is 0 Å². The first kappa shape index (κ1) is 16.1. The molecule has 0 atom stereocenters. The summed E-state index contributed by atoms with van der Waals surface area (Å²) >= 11 is 5.91. The lowest BCUT2D eigenvalue weighted by Crippen LogP contribution is -2.23. The van der Waals surface area contributed by atoms with Gasteiger partial charge in [0.25, 0.3) is 5.91 Å². The third-order valence-electron chi connectivity index (χ3n) is 3.52. The van der Waals surface area contributed by atoms with Gasteiger partial charge in [-0.1, -0.05) is 11.6 Å². The number of aromatic nitrogens is 1. The number of anilines is 1. The van der Waals surface area contributed by atoms with Crippen molar-refractivity contribution in [1.29, 1.82) is 0 Å². The molecule has 0 saturated carbocycles. The Bertz CT molecular complexity index is 1010. The number of nitrogens with one attached hydrogen (secondary N) is 1. The van der Waals surface area contributed by atoms with Crippen LogP contribution in [0.4, 0.5) is 14.5 Å². The highest BCUT2D eigenvalue weighted by molar-refractivity contribution is 6.31. The molecule has 122 valence electrons. The SMILES string of the molecule is Cn1cc(C(=O)Nc2cc(F)cc(F)c2)c(=O)c2cc(Cl)ccc21. The molecule has 3 rings (SSSR count). The lowest BCUT2D eigenvalue weighted by atomic mass is 10.1. The average molecular weight is 349 g/mol. The lowest BCUT2D eigenvalue weighted by Gasteiger charge is -2.10. The summed E-state index contributed by atoms with van der Waals surface area (Å²) in [6.07, 6.45) is 1.36. The second kappa shape index (κ2) is 6.05. The summed E-state index contributed by atoms with van der Waals surface area (Å²) < 4.78 is 28.0. The molecule has 0 saturated heterocycles. The van der Waals surface area contributed by atoms with Gasteiger partial charge in [-0.05, 0) is 30.3 Å². The molecule has 0 aliphatic heterocycles. The number of benzene rings is 2. The van der Waals surface area contributed by atoms with Crippen molar-refractivity contribution in [3.05, 3.63) is 75.0 Å². The number of pyridine rings is 1. The van der Waals surface area contributed by atoms with Crippen LogP contribution in [0.15, 0.2) is 47.4 Å². The highest BCUT2D eigenvalue weighted by atomic mass is 35.5. The summed E-state index contributed by atoms with van der Waals surface area (Å²) in [5.74, 6) is -2.42. The first-order valence-electron chi connectivity index (χ1n) is 6.91. The minimum absolute atomic E-state index is 0.0780. The fourth-order valence-corrected chi connectivity index (χ4v) is 2.62. The van der Waals surface area contributed by atoms with Gasteiger partial charge in [0.05, 0.1) is 5.52 Å². The van der Waals surface area contributed by atoms with E-state index in [0.29, 0.717) is 16.6 Å². The van der Waals surface area contributed by atoms with E-state index in [0.717, 1.165) is 12.1 Å². The van der Waals surface area contributed by atoms with E-state index in [9.17, 15) is 18.4 Å². The molecule has 3 aromatic rings. The Morgan fingerprint density at radius 3 is 2.46 bits per heavy atom. The predicted octanol–water partition coefficient (Wildman–Crippen LogP) is 3.72. The van der Waals surface area contributed by atoms with Crippen molar-refractivity contribution in [3.8, 4) is 0 Å². The van der Waals surface area contributed by atoms with Crippen LogP contribution < -0.4 is 10.7 Å². The number of hydrogen-bond acceptors (Lipinski definition) is 2. The van der Waals surface area contributed by atoms with Crippen LogP contribution in [0, 0.1) is 11.6 Å². The minimum Gasteiger partial charge on any atom is -0.350 e. The normalized spacial score (nSPS) is 10.8. The Labute approximate surface area is 140 Å². The van der Waals surface area contributed by atoms with E-state index in [2.05, 4.69) is 5.32 Å². The van der Waals surface area contributed by atoms with Crippen molar-refractivity contribution >= 4 is 34.1 Å². The summed E-state index contributed by atoms with van der Waals surface area (Å²) in [7, 11) is 1.67. The number of aryl methyl sites for hydroxylation is 1. The third-order valence-corrected chi connectivity index (χ3v) is 3.75. The summed E-state index contributed by atoms with van der Waals surface area (Å²) in [6, 6.07) is 7.39. The van der Waals surface area contributed by atoms with Crippen LogP contribution >= 0.6 is 11.6 Å². The third kappa shape index (κ3) is 3.00. The minimum atomic E-state index is -0.830. The molecule has 0 radical (unpaired) electrons. The zero-order valence-corrected chi connectivity index (χ0v) is 13.2. The molecule has 1 N–H and O–H groups in total. The van der Waals surface area contributed by atoms with Gasteiger partial charge in [0.2, 0.25) is 5.43 Å². The molecule has 1 aromatic heterocycles. The van der Waals surface area contributed by atoms with Crippen LogP contribution in [-0.2, 0) is 7.05 Å². The number of rotatable bonds is 2. The van der Waals surface area contributed by atoms with Crippen molar-refractivity contribution < 1.29 is 13.6 Å². The first-order valence-corrected chi connectivity index (χ1v) is 7.29. The summed E-state index contributed by atoms with van der Waals surface area (Å²) in [6.45, 7) is 0. The maximum atomic E-state index is 13.2. The Kier molecular flexibility index (Phi) is 4.07. The van der Waals surface area contributed by atoms with Crippen molar-refractivity contribution in [2.45, 2.75) is 0 Å². The Hall–Kier alpha value is -2.73. The first-order chi connectivity index (χ1) is 11.3. The van der Waals surface area contributed by atoms with Gasteiger partial charge < -0.3 is 9.88 Å². The molecule has 4 nitrogen and oxygen atoms in total. The zero-order chi connectivity index (χ0) is 17.4. The number of hydrogen-bond donors (Lipinski definition) is 1. The molecule has 2 aromatic carbocycles. The second-order valence-corrected chi connectivity index (χ2v) is 5.69. The highest BCUT2D eigenvalue weighted by Crippen LogP contribution is 2.18. The molecule has 0 aliphatic carbocycles. The topological polar surface area (TPSA) is 51.1 Å². The number of halogens is 3. The molecular weight excluding hydrogens is 338 g/mol. The van der Waals surface area contributed by atoms with Crippen LogP contribution in [0.3, 0.4) is 0 Å². The van der Waals surface area contributed by atoms with E-state index < -0.39 is 23.0 Å². The molecule has 0 spiro atoms. The van der Waals surface area contributed by atoms with Crippen molar-refractivity contribution in [2.24, 2.45) is 7.05 Å². The van der Waals surface area contributed by atoms with Gasteiger partial charge in [-0.25, -0.2) is 8.78 Å². The number of carbonyl (C=O) groups is 1. The maximum absolute atomic E-state index is 13.2. The molecule has 1 amide bonds. The quantitative estimate of drug-likeness (QED) is 0.767. The molecule has 0 unspecified atom stereocenters. The van der Waals surface area contributed by atoms with E-state index in [4.69, 9.17) is 11.6 Å². The van der Waals surface area contributed by atoms with Gasteiger partial charge in [0.1, 0.15) is 17.2 Å². The summed E-state index contributed by atoms with van der Waals surface area (Å²) in [4.78, 5) is 24.9. The van der Waals surface area contributed by atoms with Crippen molar-refractivity contribution in [1.82, 2.24) is 4.57 Å². The van der Waals surface area contributed by atoms with Crippen LogP contribution in [-0.4, -0.2) is 10.5 Å². The molecule has 0 fully saturated rings. The zero-order valence-electron chi connectivity index (χ0n) is 12.4. The van der Waals surface area contributed by atoms with Crippen LogP contribution in [0.2, 0.25) is 5.02 Å². The molecule has 0 aliphatic rings. The highest BCUT2D eigenvalue weighted by Gasteiger charge is 2.15. The van der Waals surface area contributed by atoms with Crippen molar-refractivity contribution in [2.75, 3.05) is 5.32 Å². The van der Waals surface area contributed by atoms with Gasteiger partial charge in [0.15, 0.2) is 0 Å². The molecule has 1 heterocycles. The molecular formula is C17H11ClF2N2O2. The Balaban J connectivity index is 2.07. The van der Waals surface area contributed by atoms with Crippen LogP contribution in [0.1, 0.15) is 10.4 Å². The van der Waals surface area contributed by atoms with Crippen molar-refractivity contribution in [3.63, 3.8) is 0 Å². The van der Waals surface area contributed by atoms with E-state index >= 15 is 0 Å². The fraction of sp³-hybridized carbons (Fsp3) is 0.0588. The number of amides is 1. The fourth-order valence-electron chi connectivity index (χ4n) is 2.45. The summed E-state index contributed by atoms with van der Waals surface area (Å²) in [5.41, 5.74) is -0.139.